The molecule has 0 unspecified atom stereocenters. The van der Waals surface area contributed by atoms with Gasteiger partial charge in [0, 0.05) is 18.4 Å². The maximum Gasteiger partial charge on any atom is 0.326 e. The Balaban J connectivity index is 1.96. The number of nitrogens with zero attached hydrogens (tertiary/aromatic N) is 2. The van der Waals surface area contributed by atoms with E-state index in [9.17, 15) is 24.6 Å². The highest BCUT2D eigenvalue weighted by Gasteiger charge is 2.24. The number of benzene rings is 2. The van der Waals surface area contributed by atoms with Crippen LogP contribution in [0.1, 0.15) is 29.9 Å². The fourth-order valence-corrected chi connectivity index (χ4v) is 3.17. The zero-order chi connectivity index (χ0) is 21.8. The van der Waals surface area contributed by atoms with Gasteiger partial charge >= 0.3 is 5.97 Å². The number of hydrogen-bond acceptors (Lipinski definition) is 5. The number of carbonyl (C=O) groups excluding carboxylic acids is 1. The molecule has 3 aromatic rings. The molecule has 0 spiro atoms. The van der Waals surface area contributed by atoms with Crippen LogP contribution in [-0.2, 0) is 17.8 Å². The van der Waals surface area contributed by atoms with Crippen molar-refractivity contribution in [2.75, 3.05) is 0 Å². The summed E-state index contributed by atoms with van der Waals surface area (Å²) in [6.45, 7) is 4.20. The Hall–Kier alpha value is -3.68. The Bertz CT molecular complexity index is 1140. The van der Waals surface area contributed by atoms with Gasteiger partial charge in [-0.25, -0.2) is 9.48 Å². The Morgan fingerprint density at radius 3 is 2.30 bits per heavy atom. The van der Waals surface area contributed by atoms with E-state index in [-0.39, 0.29) is 29.3 Å². The molecule has 1 aromatic heterocycles. The highest BCUT2D eigenvalue weighted by Crippen LogP contribution is 2.15. The van der Waals surface area contributed by atoms with E-state index in [1.807, 2.05) is 13.8 Å². The fourth-order valence-electron chi connectivity index (χ4n) is 3.17. The minimum atomic E-state index is -1.20. The number of hydrogen-bond donors (Lipinski definition) is 3. The van der Waals surface area contributed by atoms with Crippen LogP contribution in [0.3, 0.4) is 0 Å². The Labute approximate surface area is 172 Å². The van der Waals surface area contributed by atoms with Crippen molar-refractivity contribution < 1.29 is 19.8 Å². The van der Waals surface area contributed by atoms with Gasteiger partial charge in [-0.05, 0) is 29.7 Å². The zero-order valence-electron chi connectivity index (χ0n) is 16.7. The van der Waals surface area contributed by atoms with Crippen LogP contribution in [0.5, 0.6) is 5.75 Å². The molecule has 2 aromatic carbocycles. The predicted octanol–water partition coefficient (Wildman–Crippen LogP) is 2.18. The zero-order valence-corrected chi connectivity index (χ0v) is 16.7. The molecule has 1 heterocycles. The van der Waals surface area contributed by atoms with E-state index in [4.69, 9.17) is 0 Å². The van der Waals surface area contributed by atoms with Crippen molar-refractivity contribution >= 4 is 22.6 Å². The maximum absolute atomic E-state index is 13.0. The number of phenols is 1. The van der Waals surface area contributed by atoms with Gasteiger partial charge in [0.2, 0.25) is 0 Å². The quantitative estimate of drug-likeness (QED) is 0.550. The lowest BCUT2D eigenvalue weighted by Crippen LogP contribution is -2.43. The summed E-state index contributed by atoms with van der Waals surface area (Å²) >= 11 is 0. The number of amides is 1. The summed E-state index contributed by atoms with van der Waals surface area (Å²) in [5.41, 5.74) is 0.348. The normalized spacial score (nSPS) is 12.1. The van der Waals surface area contributed by atoms with Crippen LogP contribution in [-0.4, -0.2) is 37.9 Å². The molecule has 0 radical (unpaired) electrons. The monoisotopic (exact) mass is 409 g/mol. The van der Waals surface area contributed by atoms with Crippen molar-refractivity contribution in [1.82, 2.24) is 15.1 Å². The molecule has 0 aliphatic rings. The van der Waals surface area contributed by atoms with Gasteiger partial charge in [-0.2, -0.15) is 5.10 Å². The van der Waals surface area contributed by atoms with E-state index < -0.39 is 17.9 Å². The first-order valence-electron chi connectivity index (χ1n) is 9.57. The smallest absolute Gasteiger partial charge is 0.326 e. The van der Waals surface area contributed by atoms with Gasteiger partial charge in [0.25, 0.3) is 11.5 Å². The third-order valence-corrected chi connectivity index (χ3v) is 4.60. The minimum Gasteiger partial charge on any atom is -0.508 e. The van der Waals surface area contributed by atoms with Crippen LogP contribution < -0.4 is 10.9 Å². The van der Waals surface area contributed by atoms with Crippen molar-refractivity contribution in [2.24, 2.45) is 5.92 Å². The average molecular weight is 409 g/mol. The summed E-state index contributed by atoms with van der Waals surface area (Å²) in [5, 5.41) is 26.4. The van der Waals surface area contributed by atoms with Gasteiger partial charge < -0.3 is 15.5 Å². The molecule has 0 aliphatic carbocycles. The summed E-state index contributed by atoms with van der Waals surface area (Å²) in [7, 11) is 0. The van der Waals surface area contributed by atoms with E-state index in [1.54, 1.807) is 36.4 Å². The van der Waals surface area contributed by atoms with E-state index in [0.29, 0.717) is 22.9 Å². The van der Waals surface area contributed by atoms with Gasteiger partial charge in [-0.15, -0.1) is 0 Å². The van der Waals surface area contributed by atoms with Crippen LogP contribution >= 0.6 is 0 Å². The number of aromatic nitrogens is 2. The van der Waals surface area contributed by atoms with Crippen molar-refractivity contribution in [3.63, 3.8) is 0 Å². The summed E-state index contributed by atoms with van der Waals surface area (Å²) in [5.74, 6) is -1.67. The van der Waals surface area contributed by atoms with Gasteiger partial charge in [0.15, 0.2) is 5.69 Å². The molecule has 30 heavy (non-hydrogen) atoms. The molecule has 8 nitrogen and oxygen atoms in total. The second-order valence-electron chi connectivity index (χ2n) is 7.51. The number of carboxylic acid groups (broad SMARTS) is 1. The standard InChI is InChI=1S/C22H23N3O5/c1-13(2)12-25-21(28)17-6-4-3-5-16(17)19(24-25)20(27)23-18(22(29)30)11-14-7-9-15(26)10-8-14/h3-10,13,18,26H,11-12H2,1-2H3,(H,23,27)(H,29,30)/t18-/m0/s1. The highest BCUT2D eigenvalue weighted by atomic mass is 16.4. The average Bonchev–Trinajstić information content (AvgIpc) is 2.70. The number of nitrogens with one attached hydrogen (secondary N) is 1. The fraction of sp³-hybridized carbons (Fsp3) is 0.273. The number of aliphatic carboxylic acids is 1. The maximum atomic E-state index is 13.0. The minimum absolute atomic E-state index is 0.00260. The molecule has 0 aliphatic heterocycles. The molecule has 0 fully saturated rings. The Kier molecular flexibility index (Phi) is 6.15. The second-order valence-corrected chi connectivity index (χ2v) is 7.51. The molecular weight excluding hydrogens is 386 g/mol. The molecule has 8 heteroatoms. The number of carboxylic acids is 1. The lowest BCUT2D eigenvalue weighted by atomic mass is 10.0. The molecular formula is C22H23N3O5. The number of fused-ring (bicyclic) bond motifs is 1. The largest absolute Gasteiger partial charge is 0.508 e. The summed E-state index contributed by atoms with van der Waals surface area (Å²) in [6.07, 6.45) is 0.0327. The Morgan fingerprint density at radius 2 is 1.70 bits per heavy atom. The van der Waals surface area contributed by atoms with E-state index in [2.05, 4.69) is 10.4 Å². The first-order chi connectivity index (χ1) is 14.3. The van der Waals surface area contributed by atoms with Crippen LogP contribution in [0.15, 0.2) is 53.3 Å². The van der Waals surface area contributed by atoms with Crippen molar-refractivity contribution in [2.45, 2.75) is 32.9 Å². The second kappa shape index (κ2) is 8.77. The van der Waals surface area contributed by atoms with Crippen LogP contribution in [0.4, 0.5) is 0 Å². The van der Waals surface area contributed by atoms with Crippen molar-refractivity contribution in [1.29, 1.82) is 0 Å². The topological polar surface area (TPSA) is 122 Å². The van der Waals surface area contributed by atoms with Crippen LogP contribution in [0.2, 0.25) is 0 Å². The van der Waals surface area contributed by atoms with Crippen LogP contribution in [0, 0.1) is 5.92 Å². The number of aromatic hydroxyl groups is 1. The van der Waals surface area contributed by atoms with Gasteiger partial charge in [0.1, 0.15) is 11.8 Å². The summed E-state index contributed by atoms with van der Waals surface area (Å²) in [6, 6.07) is 11.5. The molecule has 0 saturated heterocycles. The van der Waals surface area contributed by atoms with Gasteiger partial charge in [-0.3, -0.25) is 9.59 Å². The molecule has 3 N–H and O–H groups in total. The van der Waals surface area contributed by atoms with Crippen molar-refractivity contribution in [3.05, 3.63) is 70.1 Å². The van der Waals surface area contributed by atoms with Gasteiger partial charge in [-0.1, -0.05) is 44.2 Å². The van der Waals surface area contributed by atoms with E-state index >= 15 is 0 Å². The third kappa shape index (κ3) is 4.65. The third-order valence-electron chi connectivity index (χ3n) is 4.60. The molecule has 1 amide bonds. The molecule has 156 valence electrons. The van der Waals surface area contributed by atoms with Crippen molar-refractivity contribution in [3.8, 4) is 5.75 Å². The molecule has 0 saturated carbocycles. The van der Waals surface area contributed by atoms with Gasteiger partial charge in [0.05, 0.1) is 5.39 Å². The number of phenolic OH excluding ortho intramolecular Hbond substituents is 1. The lowest BCUT2D eigenvalue weighted by Gasteiger charge is -2.16. The lowest BCUT2D eigenvalue weighted by molar-refractivity contribution is -0.139. The highest BCUT2D eigenvalue weighted by molar-refractivity contribution is 6.05. The summed E-state index contributed by atoms with van der Waals surface area (Å²) < 4.78 is 1.25. The van der Waals surface area contributed by atoms with Crippen LogP contribution in [0.25, 0.3) is 10.8 Å². The summed E-state index contributed by atoms with van der Waals surface area (Å²) in [4.78, 5) is 37.4. The molecule has 3 rings (SSSR count). The predicted molar refractivity (Wildman–Crippen MR) is 112 cm³/mol. The first-order valence-corrected chi connectivity index (χ1v) is 9.57. The molecule has 1 atom stereocenters. The number of carbonyl (C=O) groups is 2. The Morgan fingerprint density at radius 1 is 1.07 bits per heavy atom. The number of rotatable bonds is 7. The van der Waals surface area contributed by atoms with E-state index in [0.717, 1.165) is 0 Å². The SMILES string of the molecule is CC(C)Cn1nc(C(=O)N[C@@H](Cc2ccc(O)cc2)C(=O)O)c2ccccc2c1=O. The molecule has 0 bridgehead atoms. The first kappa shape index (κ1) is 21.0. The van der Waals surface area contributed by atoms with E-state index in [1.165, 1.54) is 16.8 Å².